The second-order valence-electron chi connectivity index (χ2n) is 5.19. The summed E-state index contributed by atoms with van der Waals surface area (Å²) in [6.07, 6.45) is 5.74. The maximum absolute atomic E-state index is 5.47. The van der Waals surface area contributed by atoms with E-state index in [4.69, 9.17) is 4.74 Å². The third-order valence-corrected chi connectivity index (χ3v) is 4.25. The number of fused-ring (bicyclic) bond motifs is 1. The van der Waals surface area contributed by atoms with Crippen LogP contribution in [0.25, 0.3) is 0 Å². The number of ether oxygens (including phenoxy) is 1. The Hall–Kier alpha value is -1.52. The van der Waals surface area contributed by atoms with Crippen LogP contribution in [0.5, 0.6) is 5.75 Å². The van der Waals surface area contributed by atoms with Gasteiger partial charge in [-0.2, -0.15) is 0 Å². The standard InChI is InChI=1S/C13H20N4O/c1-14-12-11(18-2)13(16-8-15-12)17-6-9-4-3-5-10(9)7-17/h8-10H,3-7H2,1-2H3,(H,14,15,16). The van der Waals surface area contributed by atoms with E-state index >= 15 is 0 Å². The zero-order chi connectivity index (χ0) is 12.5. The number of nitrogens with zero attached hydrogens (tertiary/aromatic N) is 3. The molecule has 5 nitrogen and oxygen atoms in total. The molecule has 1 aliphatic carbocycles. The summed E-state index contributed by atoms with van der Waals surface area (Å²) < 4.78 is 5.47. The van der Waals surface area contributed by atoms with E-state index < -0.39 is 0 Å². The van der Waals surface area contributed by atoms with Crippen LogP contribution in [0.3, 0.4) is 0 Å². The van der Waals surface area contributed by atoms with E-state index in [1.54, 1.807) is 13.4 Å². The number of methoxy groups -OCH3 is 1. The van der Waals surface area contributed by atoms with Crippen LogP contribution in [-0.4, -0.2) is 37.2 Å². The third kappa shape index (κ3) is 1.78. The first-order valence-corrected chi connectivity index (χ1v) is 6.65. The number of anilines is 2. The Morgan fingerprint density at radius 2 is 2.00 bits per heavy atom. The smallest absolute Gasteiger partial charge is 0.204 e. The van der Waals surface area contributed by atoms with Gasteiger partial charge in [-0.1, -0.05) is 6.42 Å². The van der Waals surface area contributed by atoms with Gasteiger partial charge in [-0.05, 0) is 24.7 Å². The SMILES string of the molecule is CNc1ncnc(N2CC3CCCC3C2)c1OC. The fraction of sp³-hybridized carbons (Fsp3) is 0.692. The van der Waals surface area contributed by atoms with E-state index in [-0.39, 0.29) is 0 Å². The second-order valence-corrected chi connectivity index (χ2v) is 5.19. The van der Waals surface area contributed by atoms with Crippen molar-refractivity contribution in [3.8, 4) is 5.75 Å². The van der Waals surface area contributed by atoms with E-state index in [9.17, 15) is 0 Å². The molecule has 2 unspecified atom stereocenters. The van der Waals surface area contributed by atoms with Gasteiger partial charge in [0.25, 0.3) is 0 Å². The number of hydrogen-bond acceptors (Lipinski definition) is 5. The summed E-state index contributed by atoms with van der Waals surface area (Å²) in [5, 5.41) is 3.06. The van der Waals surface area contributed by atoms with E-state index in [0.717, 1.165) is 42.3 Å². The minimum absolute atomic E-state index is 0.763. The number of nitrogens with one attached hydrogen (secondary N) is 1. The van der Waals surface area contributed by atoms with Crippen molar-refractivity contribution in [2.24, 2.45) is 11.8 Å². The molecule has 1 N–H and O–H groups in total. The molecule has 98 valence electrons. The van der Waals surface area contributed by atoms with Crippen LogP contribution in [0.4, 0.5) is 11.6 Å². The molecule has 0 amide bonds. The summed E-state index contributed by atoms with van der Waals surface area (Å²) in [6, 6.07) is 0. The lowest BCUT2D eigenvalue weighted by molar-refractivity contribution is 0.412. The highest BCUT2D eigenvalue weighted by Gasteiger charge is 2.37. The molecule has 1 saturated heterocycles. The molecule has 2 aliphatic rings. The van der Waals surface area contributed by atoms with Crippen molar-refractivity contribution in [2.75, 3.05) is 37.5 Å². The van der Waals surface area contributed by atoms with Gasteiger partial charge in [0.2, 0.25) is 5.75 Å². The zero-order valence-corrected chi connectivity index (χ0v) is 11.0. The van der Waals surface area contributed by atoms with Gasteiger partial charge in [0.05, 0.1) is 7.11 Å². The van der Waals surface area contributed by atoms with Crippen LogP contribution in [0.15, 0.2) is 6.33 Å². The molecule has 2 heterocycles. The molecule has 1 aromatic heterocycles. The van der Waals surface area contributed by atoms with Gasteiger partial charge in [-0.15, -0.1) is 0 Å². The highest BCUT2D eigenvalue weighted by molar-refractivity contribution is 5.65. The number of hydrogen-bond donors (Lipinski definition) is 1. The Labute approximate surface area is 108 Å². The molecule has 1 aromatic rings. The second kappa shape index (κ2) is 4.63. The summed E-state index contributed by atoms with van der Waals surface area (Å²) in [5.74, 6) is 4.16. The maximum atomic E-state index is 5.47. The lowest BCUT2D eigenvalue weighted by Gasteiger charge is -2.21. The van der Waals surface area contributed by atoms with Crippen LogP contribution in [0.1, 0.15) is 19.3 Å². The Balaban J connectivity index is 1.88. The lowest BCUT2D eigenvalue weighted by atomic mass is 10.0. The van der Waals surface area contributed by atoms with Crippen molar-refractivity contribution in [1.82, 2.24) is 9.97 Å². The minimum atomic E-state index is 0.763. The van der Waals surface area contributed by atoms with Crippen molar-refractivity contribution >= 4 is 11.6 Å². The summed E-state index contributed by atoms with van der Waals surface area (Å²) in [5.41, 5.74) is 0. The molecular weight excluding hydrogens is 228 g/mol. The zero-order valence-electron chi connectivity index (χ0n) is 11.0. The van der Waals surface area contributed by atoms with Crippen molar-refractivity contribution < 1.29 is 4.74 Å². The molecule has 0 bridgehead atoms. The topological polar surface area (TPSA) is 50.3 Å². The molecule has 1 saturated carbocycles. The van der Waals surface area contributed by atoms with Crippen molar-refractivity contribution in [1.29, 1.82) is 0 Å². The Morgan fingerprint density at radius 3 is 2.61 bits per heavy atom. The van der Waals surface area contributed by atoms with E-state index in [0.29, 0.717) is 0 Å². The predicted molar refractivity (Wildman–Crippen MR) is 71.2 cm³/mol. The molecule has 18 heavy (non-hydrogen) atoms. The van der Waals surface area contributed by atoms with E-state index in [1.165, 1.54) is 19.3 Å². The van der Waals surface area contributed by atoms with Crippen LogP contribution in [0, 0.1) is 11.8 Å². The van der Waals surface area contributed by atoms with Crippen molar-refractivity contribution in [2.45, 2.75) is 19.3 Å². The molecular formula is C13H20N4O. The highest BCUT2D eigenvalue weighted by Crippen LogP contribution is 2.42. The van der Waals surface area contributed by atoms with Gasteiger partial charge < -0.3 is 15.0 Å². The van der Waals surface area contributed by atoms with E-state index in [2.05, 4.69) is 20.2 Å². The molecule has 0 radical (unpaired) electrons. The van der Waals surface area contributed by atoms with Gasteiger partial charge in [0.1, 0.15) is 6.33 Å². The molecule has 1 aliphatic heterocycles. The molecule has 3 rings (SSSR count). The van der Waals surface area contributed by atoms with Gasteiger partial charge in [0.15, 0.2) is 11.6 Å². The molecule has 2 fully saturated rings. The van der Waals surface area contributed by atoms with E-state index in [1.807, 2.05) is 7.05 Å². The Kier molecular flexibility index (Phi) is 2.97. The van der Waals surface area contributed by atoms with Crippen LogP contribution in [0.2, 0.25) is 0 Å². The van der Waals surface area contributed by atoms with Crippen LogP contribution < -0.4 is 15.0 Å². The molecule has 0 aromatic carbocycles. The summed E-state index contributed by atoms with van der Waals surface area (Å²) in [7, 11) is 3.54. The summed E-state index contributed by atoms with van der Waals surface area (Å²) in [4.78, 5) is 11.0. The average Bonchev–Trinajstić information content (AvgIpc) is 2.98. The normalized spacial score (nSPS) is 26.2. The van der Waals surface area contributed by atoms with Crippen LogP contribution >= 0.6 is 0 Å². The average molecular weight is 248 g/mol. The predicted octanol–water partition coefficient (Wildman–Crippen LogP) is 1.76. The monoisotopic (exact) mass is 248 g/mol. The molecule has 5 heteroatoms. The minimum Gasteiger partial charge on any atom is -0.490 e. The number of aromatic nitrogens is 2. The first kappa shape index (κ1) is 11.6. The third-order valence-electron chi connectivity index (χ3n) is 4.25. The lowest BCUT2D eigenvalue weighted by Crippen LogP contribution is -2.23. The first-order chi connectivity index (χ1) is 8.83. The Morgan fingerprint density at radius 1 is 1.28 bits per heavy atom. The Bertz CT molecular complexity index is 425. The maximum Gasteiger partial charge on any atom is 0.204 e. The quantitative estimate of drug-likeness (QED) is 0.883. The highest BCUT2D eigenvalue weighted by atomic mass is 16.5. The van der Waals surface area contributed by atoms with Gasteiger partial charge in [-0.25, -0.2) is 9.97 Å². The van der Waals surface area contributed by atoms with Gasteiger partial charge >= 0.3 is 0 Å². The summed E-state index contributed by atoms with van der Waals surface area (Å²) >= 11 is 0. The van der Waals surface area contributed by atoms with Crippen molar-refractivity contribution in [3.63, 3.8) is 0 Å². The van der Waals surface area contributed by atoms with Gasteiger partial charge in [0, 0.05) is 20.1 Å². The van der Waals surface area contributed by atoms with Gasteiger partial charge in [-0.3, -0.25) is 0 Å². The fourth-order valence-corrected chi connectivity index (χ4v) is 3.36. The first-order valence-electron chi connectivity index (χ1n) is 6.65. The van der Waals surface area contributed by atoms with Crippen molar-refractivity contribution in [3.05, 3.63) is 6.33 Å². The molecule has 0 spiro atoms. The summed E-state index contributed by atoms with van der Waals surface area (Å²) in [6.45, 7) is 2.22. The molecule has 2 atom stereocenters. The van der Waals surface area contributed by atoms with Crippen LogP contribution in [-0.2, 0) is 0 Å². The fourth-order valence-electron chi connectivity index (χ4n) is 3.36. The number of rotatable bonds is 3. The largest absolute Gasteiger partial charge is 0.490 e.